The molecule has 0 saturated heterocycles. The third-order valence-corrected chi connectivity index (χ3v) is 4.73. The maximum atomic E-state index is 13.4. The van der Waals surface area contributed by atoms with Gasteiger partial charge in [0.1, 0.15) is 0 Å². The van der Waals surface area contributed by atoms with Crippen LogP contribution in [0.1, 0.15) is 38.1 Å². The van der Waals surface area contributed by atoms with Crippen LogP contribution in [0.25, 0.3) is 6.08 Å². The van der Waals surface area contributed by atoms with Crippen molar-refractivity contribution in [1.82, 2.24) is 5.16 Å². The smallest absolute Gasteiger partial charge is 0.359 e. The molecule has 0 spiro atoms. The van der Waals surface area contributed by atoms with Gasteiger partial charge in [0.05, 0.1) is 5.92 Å². The Labute approximate surface area is 127 Å². The minimum absolute atomic E-state index is 0.122. The van der Waals surface area contributed by atoms with Crippen molar-refractivity contribution < 1.29 is 27.6 Å². The van der Waals surface area contributed by atoms with Crippen LogP contribution in [0, 0.1) is 21.2 Å². The second-order valence-corrected chi connectivity index (χ2v) is 5.94. The molecule has 0 bridgehead atoms. The summed E-state index contributed by atoms with van der Waals surface area (Å²) in [6.45, 7) is 3.28. The van der Waals surface area contributed by atoms with Crippen molar-refractivity contribution in [1.29, 1.82) is 0 Å². The van der Waals surface area contributed by atoms with Gasteiger partial charge in [0.15, 0.2) is 0 Å². The van der Waals surface area contributed by atoms with Crippen molar-refractivity contribution in [2.75, 3.05) is 0 Å². The van der Waals surface area contributed by atoms with E-state index < -0.39 is 33.8 Å². The summed E-state index contributed by atoms with van der Waals surface area (Å²) in [5, 5.41) is 26.8. The number of nitrogens with zero attached hydrogens (tertiary/aromatic N) is 3. The van der Waals surface area contributed by atoms with E-state index in [4.69, 9.17) is 0 Å². The minimum atomic E-state index is -4.79. The van der Waals surface area contributed by atoms with Gasteiger partial charge in [0, 0.05) is 28.1 Å². The first kappa shape index (κ1) is 15.5. The predicted octanol–water partition coefficient (Wildman–Crippen LogP) is 2.49. The molecule has 0 amide bonds. The molecule has 0 radical (unpaired) electrons. The summed E-state index contributed by atoms with van der Waals surface area (Å²) in [7, 11) is 0. The molecule has 1 heterocycles. The van der Waals surface area contributed by atoms with E-state index >= 15 is 0 Å². The number of hydrogen-bond acceptors (Lipinski definition) is 5. The zero-order valence-electron chi connectivity index (χ0n) is 12.2. The first-order valence-corrected chi connectivity index (χ1v) is 6.77. The maximum absolute atomic E-state index is 13.4. The van der Waals surface area contributed by atoms with E-state index in [2.05, 4.69) is 9.79 Å². The quantitative estimate of drug-likeness (QED) is 0.341. The van der Waals surface area contributed by atoms with Crippen LogP contribution in [-0.2, 0) is 5.54 Å². The van der Waals surface area contributed by atoms with Crippen molar-refractivity contribution in [3.05, 3.63) is 43.4 Å². The third-order valence-electron chi connectivity index (χ3n) is 4.73. The standard InChI is InChI=1S/C13H12F3N3O4/c1-6-3-8-9(13(14,15)16)4-10-11(17-23-18(10)20)12(8,19(21)22)5-7(6)2/h4,8H,3,5H2,1-2H3/t8-,12+/m0/s1. The second-order valence-electron chi connectivity index (χ2n) is 5.94. The number of nitro groups is 1. The Balaban J connectivity index is 2.36. The molecule has 0 aromatic carbocycles. The van der Waals surface area contributed by atoms with Crippen LogP contribution in [0.15, 0.2) is 21.3 Å². The van der Waals surface area contributed by atoms with Crippen LogP contribution in [0.2, 0.25) is 0 Å². The van der Waals surface area contributed by atoms with E-state index in [1.807, 2.05) is 0 Å². The third kappa shape index (κ3) is 1.97. The van der Waals surface area contributed by atoms with Crippen molar-refractivity contribution in [2.45, 2.75) is 38.4 Å². The largest absolute Gasteiger partial charge is 0.413 e. The second kappa shape index (κ2) is 4.56. The highest BCUT2D eigenvalue weighted by Gasteiger charge is 2.67. The highest BCUT2D eigenvalue weighted by molar-refractivity contribution is 5.58. The summed E-state index contributed by atoms with van der Waals surface area (Å²) in [4.78, 5) is 10.8. The van der Waals surface area contributed by atoms with Crippen molar-refractivity contribution in [2.24, 2.45) is 5.92 Å². The molecule has 0 unspecified atom stereocenters. The minimum Gasteiger partial charge on any atom is -0.359 e. The highest BCUT2D eigenvalue weighted by Crippen LogP contribution is 2.55. The number of hydrogen-bond donors (Lipinski definition) is 0. The van der Waals surface area contributed by atoms with E-state index in [-0.39, 0.29) is 23.4 Å². The summed E-state index contributed by atoms with van der Waals surface area (Å²) in [6, 6.07) is 0. The topological polar surface area (TPSA) is 96.1 Å². The number of halogens is 3. The lowest BCUT2D eigenvalue weighted by Crippen LogP contribution is -2.51. The first-order chi connectivity index (χ1) is 10.6. The normalized spacial score (nSPS) is 27.3. The van der Waals surface area contributed by atoms with Gasteiger partial charge in [0.2, 0.25) is 5.69 Å². The van der Waals surface area contributed by atoms with Crippen LogP contribution in [0.5, 0.6) is 0 Å². The van der Waals surface area contributed by atoms with Crippen LogP contribution in [0.4, 0.5) is 13.2 Å². The molecule has 10 heteroatoms. The summed E-state index contributed by atoms with van der Waals surface area (Å²) in [5.41, 5.74) is -2.85. The summed E-state index contributed by atoms with van der Waals surface area (Å²) >= 11 is 0. The molecule has 0 fully saturated rings. The van der Waals surface area contributed by atoms with Gasteiger partial charge in [-0.2, -0.15) is 13.2 Å². The molecule has 1 aromatic heterocycles. The molecule has 1 aromatic rings. The van der Waals surface area contributed by atoms with E-state index in [0.29, 0.717) is 17.2 Å². The average Bonchev–Trinajstić information content (AvgIpc) is 2.80. The fourth-order valence-corrected chi connectivity index (χ4v) is 3.43. The van der Waals surface area contributed by atoms with Gasteiger partial charge in [-0.3, -0.25) is 14.7 Å². The summed E-state index contributed by atoms with van der Waals surface area (Å²) in [5.74, 6) is -1.45. The molecule has 2 atom stereocenters. The molecule has 23 heavy (non-hydrogen) atoms. The summed E-state index contributed by atoms with van der Waals surface area (Å²) < 4.78 is 44.6. The zero-order valence-corrected chi connectivity index (χ0v) is 12.2. The highest BCUT2D eigenvalue weighted by atomic mass is 19.4. The SMILES string of the molecule is CC1=C(C)C[C@]2([N+](=O)[O-])c3no[n+]([O-])c3C=C(C(F)(F)F)[C@@H]2C1. The van der Waals surface area contributed by atoms with Gasteiger partial charge >= 0.3 is 17.4 Å². The lowest BCUT2D eigenvalue weighted by molar-refractivity contribution is -0.803. The fraction of sp³-hybridized carbons (Fsp3) is 0.538. The Morgan fingerprint density at radius 2 is 2.09 bits per heavy atom. The van der Waals surface area contributed by atoms with Gasteiger partial charge in [-0.15, -0.1) is 0 Å². The monoisotopic (exact) mass is 331 g/mol. The Bertz CT molecular complexity index is 765. The predicted molar refractivity (Wildman–Crippen MR) is 69.3 cm³/mol. The number of rotatable bonds is 1. The Morgan fingerprint density at radius 3 is 2.65 bits per heavy atom. The van der Waals surface area contributed by atoms with Crippen LogP contribution >= 0.6 is 0 Å². The molecule has 0 saturated carbocycles. The fourth-order valence-electron chi connectivity index (χ4n) is 3.43. The molecular formula is C13H12F3N3O4. The first-order valence-electron chi connectivity index (χ1n) is 6.77. The number of alkyl halides is 3. The van der Waals surface area contributed by atoms with E-state index in [1.165, 1.54) is 0 Å². The number of fused-ring (bicyclic) bond motifs is 3. The molecule has 7 nitrogen and oxygen atoms in total. The molecule has 2 aliphatic rings. The van der Waals surface area contributed by atoms with E-state index in [9.17, 15) is 28.5 Å². The average molecular weight is 331 g/mol. The molecule has 0 N–H and O–H groups in total. The molecule has 3 rings (SSSR count). The number of aromatic nitrogens is 2. The van der Waals surface area contributed by atoms with Crippen LogP contribution in [-0.4, -0.2) is 16.3 Å². The lowest BCUT2D eigenvalue weighted by atomic mass is 9.63. The van der Waals surface area contributed by atoms with Gasteiger partial charge in [0.25, 0.3) is 0 Å². The Morgan fingerprint density at radius 1 is 1.43 bits per heavy atom. The lowest BCUT2D eigenvalue weighted by Gasteiger charge is -2.38. The molecule has 2 aliphatic carbocycles. The van der Waals surface area contributed by atoms with Gasteiger partial charge in [-0.1, -0.05) is 11.1 Å². The maximum Gasteiger partial charge on any atom is 0.413 e. The summed E-state index contributed by atoms with van der Waals surface area (Å²) in [6.07, 6.45) is -4.55. The Kier molecular flexibility index (Phi) is 3.07. The molecule has 124 valence electrons. The van der Waals surface area contributed by atoms with Crippen LogP contribution < -0.4 is 4.90 Å². The van der Waals surface area contributed by atoms with Crippen molar-refractivity contribution in [3.8, 4) is 0 Å². The van der Waals surface area contributed by atoms with Gasteiger partial charge < -0.3 is 5.21 Å². The molecular weight excluding hydrogens is 319 g/mol. The van der Waals surface area contributed by atoms with E-state index in [1.54, 1.807) is 13.8 Å². The van der Waals surface area contributed by atoms with Crippen molar-refractivity contribution in [3.63, 3.8) is 0 Å². The van der Waals surface area contributed by atoms with Crippen LogP contribution in [0.3, 0.4) is 0 Å². The van der Waals surface area contributed by atoms with Gasteiger partial charge in [-0.25, -0.2) is 0 Å². The Hall–Kier alpha value is -2.39. The molecule has 0 aliphatic heterocycles. The number of allylic oxidation sites excluding steroid dienone is 1. The van der Waals surface area contributed by atoms with Gasteiger partial charge in [-0.05, 0) is 25.2 Å². The van der Waals surface area contributed by atoms with E-state index in [0.717, 1.165) is 0 Å². The van der Waals surface area contributed by atoms with Crippen molar-refractivity contribution >= 4 is 6.08 Å². The zero-order chi connectivity index (χ0) is 17.2.